The van der Waals surface area contributed by atoms with Gasteiger partial charge in [-0.3, -0.25) is 14.4 Å². The summed E-state index contributed by atoms with van der Waals surface area (Å²) in [4.78, 5) is 47.0. The van der Waals surface area contributed by atoms with E-state index < -0.39 is 11.7 Å². The Morgan fingerprint density at radius 2 is 1.51 bits per heavy atom. The van der Waals surface area contributed by atoms with E-state index in [1.807, 2.05) is 6.07 Å². The molecule has 3 aromatic rings. The first-order valence-corrected chi connectivity index (χ1v) is 14.1. The molecule has 2 aromatic carbocycles. The number of nitrogens with one attached hydrogen (secondary N) is 2. The van der Waals surface area contributed by atoms with Crippen molar-refractivity contribution in [1.29, 1.82) is 0 Å². The Balaban J connectivity index is 1.33. The summed E-state index contributed by atoms with van der Waals surface area (Å²) in [5.74, 6) is -1.21. The van der Waals surface area contributed by atoms with Gasteiger partial charge in [0.2, 0.25) is 0 Å². The van der Waals surface area contributed by atoms with E-state index in [0.29, 0.717) is 48.1 Å². The highest BCUT2D eigenvalue weighted by atomic mass is 35.5. The highest BCUT2D eigenvalue weighted by Gasteiger charge is 2.26. The van der Waals surface area contributed by atoms with Gasteiger partial charge in [0.05, 0.1) is 16.9 Å². The molecule has 11 heteroatoms. The van der Waals surface area contributed by atoms with E-state index in [1.165, 1.54) is 30.5 Å². The molecule has 41 heavy (non-hydrogen) atoms. The Bertz CT molecular complexity index is 1400. The van der Waals surface area contributed by atoms with E-state index in [4.69, 9.17) is 17.3 Å². The van der Waals surface area contributed by atoms with Crippen LogP contribution in [0.5, 0.6) is 0 Å². The second-order valence-electron chi connectivity index (χ2n) is 10.4. The number of nitrogens with two attached hydrogens (primary N) is 1. The molecule has 1 saturated heterocycles. The summed E-state index contributed by atoms with van der Waals surface area (Å²) in [6.07, 6.45) is 4.85. The van der Waals surface area contributed by atoms with Crippen LogP contribution < -0.4 is 21.3 Å². The number of rotatable bonds is 6. The normalized spacial score (nSPS) is 19.0. The van der Waals surface area contributed by atoms with Crippen LogP contribution in [0.4, 0.5) is 15.8 Å². The van der Waals surface area contributed by atoms with Gasteiger partial charge in [0.25, 0.3) is 17.7 Å². The minimum absolute atomic E-state index is 0.0562. The average molecular weight is 579 g/mol. The zero-order valence-electron chi connectivity index (χ0n) is 22.5. The Hall–Kier alpha value is -4.02. The maximum atomic E-state index is 13.4. The number of pyridine rings is 1. The van der Waals surface area contributed by atoms with Crippen molar-refractivity contribution < 1.29 is 18.8 Å². The predicted octanol–water partition coefficient (Wildman–Crippen LogP) is 4.09. The third-order valence-corrected chi connectivity index (χ3v) is 7.83. The summed E-state index contributed by atoms with van der Waals surface area (Å²) in [7, 11) is 0. The number of aromatic nitrogens is 1. The van der Waals surface area contributed by atoms with E-state index >= 15 is 0 Å². The molecule has 0 bridgehead atoms. The van der Waals surface area contributed by atoms with Crippen LogP contribution in [-0.4, -0.2) is 65.9 Å². The number of amides is 3. The highest BCUT2D eigenvalue weighted by molar-refractivity contribution is 6.29. The predicted molar refractivity (Wildman–Crippen MR) is 156 cm³/mol. The molecule has 5 rings (SSSR count). The van der Waals surface area contributed by atoms with E-state index in [-0.39, 0.29) is 29.5 Å². The maximum absolute atomic E-state index is 13.4. The molecule has 2 heterocycles. The van der Waals surface area contributed by atoms with Gasteiger partial charge in [0.15, 0.2) is 0 Å². The molecule has 1 aliphatic heterocycles. The molecule has 2 fully saturated rings. The first-order chi connectivity index (χ1) is 19.8. The van der Waals surface area contributed by atoms with Crippen molar-refractivity contribution >= 4 is 40.7 Å². The Labute approximate surface area is 242 Å². The quantitative estimate of drug-likeness (QED) is 0.379. The topological polar surface area (TPSA) is 121 Å². The molecule has 1 aliphatic carbocycles. The molecular formula is C30H32ClFN6O3. The summed E-state index contributed by atoms with van der Waals surface area (Å²) < 4.78 is 13.4. The van der Waals surface area contributed by atoms with Crippen molar-refractivity contribution in [2.24, 2.45) is 5.73 Å². The van der Waals surface area contributed by atoms with Crippen LogP contribution in [0, 0.1) is 5.82 Å². The molecule has 3 amide bonds. The van der Waals surface area contributed by atoms with Crippen LogP contribution in [-0.2, 0) is 0 Å². The fraction of sp³-hybridized carbons (Fsp3) is 0.333. The van der Waals surface area contributed by atoms with Crippen molar-refractivity contribution in [3.63, 3.8) is 0 Å². The zero-order chi connectivity index (χ0) is 28.9. The second kappa shape index (κ2) is 12.7. The van der Waals surface area contributed by atoms with Gasteiger partial charge in [-0.05, 0) is 80.3 Å². The SMILES string of the molecule is NC1CCC(NC(=O)c2ccc(N3CCN(C(=O)c4ccc(Cl)nc4)CC3)c(NC(=O)c3ccc(F)cc3)c2)CC1. The van der Waals surface area contributed by atoms with Gasteiger partial charge in [-0.15, -0.1) is 0 Å². The summed E-state index contributed by atoms with van der Waals surface area (Å²) in [6, 6.07) is 13.9. The van der Waals surface area contributed by atoms with Crippen molar-refractivity contribution in [2.45, 2.75) is 37.8 Å². The van der Waals surface area contributed by atoms with Crippen LogP contribution in [0.25, 0.3) is 0 Å². The molecule has 0 atom stereocenters. The van der Waals surface area contributed by atoms with Crippen molar-refractivity contribution in [3.05, 3.63) is 88.5 Å². The average Bonchev–Trinajstić information content (AvgIpc) is 2.99. The highest BCUT2D eigenvalue weighted by Crippen LogP contribution is 2.30. The first kappa shape index (κ1) is 28.5. The molecule has 2 aliphatic rings. The molecule has 1 saturated carbocycles. The minimum atomic E-state index is -0.439. The van der Waals surface area contributed by atoms with Gasteiger partial charge in [-0.2, -0.15) is 0 Å². The molecule has 4 N–H and O–H groups in total. The lowest BCUT2D eigenvalue weighted by Gasteiger charge is -2.37. The number of halogens is 2. The lowest BCUT2D eigenvalue weighted by molar-refractivity contribution is 0.0746. The number of carbonyl (C=O) groups is 3. The molecule has 1 aromatic heterocycles. The molecule has 214 valence electrons. The minimum Gasteiger partial charge on any atom is -0.366 e. The van der Waals surface area contributed by atoms with E-state index in [0.717, 1.165) is 31.4 Å². The molecule has 9 nitrogen and oxygen atoms in total. The van der Waals surface area contributed by atoms with Gasteiger partial charge in [0, 0.05) is 55.6 Å². The zero-order valence-corrected chi connectivity index (χ0v) is 23.2. The fourth-order valence-electron chi connectivity index (χ4n) is 5.22. The summed E-state index contributed by atoms with van der Waals surface area (Å²) in [6.45, 7) is 1.94. The maximum Gasteiger partial charge on any atom is 0.255 e. The molecular weight excluding hydrogens is 547 g/mol. The second-order valence-corrected chi connectivity index (χ2v) is 10.8. The van der Waals surface area contributed by atoms with Gasteiger partial charge in [-0.1, -0.05) is 11.6 Å². The number of hydrogen-bond donors (Lipinski definition) is 3. The number of carbonyl (C=O) groups excluding carboxylic acids is 3. The van der Waals surface area contributed by atoms with Crippen molar-refractivity contribution in [2.75, 3.05) is 36.4 Å². The summed E-state index contributed by atoms with van der Waals surface area (Å²) in [5.41, 5.74) is 8.35. The van der Waals surface area contributed by atoms with Crippen LogP contribution in [0.15, 0.2) is 60.8 Å². The number of piperazine rings is 1. The van der Waals surface area contributed by atoms with Crippen molar-refractivity contribution in [3.8, 4) is 0 Å². The lowest BCUT2D eigenvalue weighted by Crippen LogP contribution is -2.49. The van der Waals surface area contributed by atoms with Crippen molar-refractivity contribution in [1.82, 2.24) is 15.2 Å². The Kier molecular flexibility index (Phi) is 8.80. The van der Waals surface area contributed by atoms with E-state index in [1.54, 1.807) is 29.2 Å². The third-order valence-electron chi connectivity index (χ3n) is 7.60. The largest absolute Gasteiger partial charge is 0.366 e. The van der Waals surface area contributed by atoms with Gasteiger partial charge in [0.1, 0.15) is 11.0 Å². The fourth-order valence-corrected chi connectivity index (χ4v) is 5.33. The van der Waals surface area contributed by atoms with E-state index in [9.17, 15) is 18.8 Å². The lowest BCUT2D eigenvalue weighted by atomic mass is 9.91. The van der Waals surface area contributed by atoms with Gasteiger partial charge in [-0.25, -0.2) is 9.37 Å². The standard InChI is InChI=1S/C30H32ClFN6O3/c31-27-12-4-21(18-34-27)30(41)38-15-13-37(14-16-38)26-11-3-20(29(40)35-24-9-7-23(33)8-10-24)17-25(26)36-28(39)19-1-5-22(32)6-2-19/h1-6,11-12,17-18,23-24H,7-10,13-16,33H2,(H,35,40)(H,36,39). The van der Waals surface area contributed by atoms with E-state index in [2.05, 4.69) is 20.5 Å². The molecule has 0 spiro atoms. The summed E-state index contributed by atoms with van der Waals surface area (Å²) in [5, 5.41) is 6.32. The van der Waals surface area contributed by atoms with Crippen LogP contribution in [0.2, 0.25) is 5.15 Å². The summed E-state index contributed by atoms with van der Waals surface area (Å²) >= 11 is 5.85. The Morgan fingerprint density at radius 1 is 0.854 bits per heavy atom. The first-order valence-electron chi connectivity index (χ1n) is 13.7. The molecule has 0 radical (unpaired) electrons. The third kappa shape index (κ3) is 7.01. The number of nitrogens with zero attached hydrogens (tertiary/aromatic N) is 3. The van der Waals surface area contributed by atoms with Gasteiger partial charge >= 0.3 is 0 Å². The van der Waals surface area contributed by atoms with Crippen LogP contribution in [0.3, 0.4) is 0 Å². The number of anilines is 2. The van der Waals surface area contributed by atoms with Crippen LogP contribution >= 0.6 is 11.6 Å². The molecule has 0 unspecified atom stereocenters. The van der Waals surface area contributed by atoms with Gasteiger partial charge < -0.3 is 26.2 Å². The van der Waals surface area contributed by atoms with Crippen LogP contribution in [0.1, 0.15) is 56.8 Å². The number of hydrogen-bond acceptors (Lipinski definition) is 6. The number of benzene rings is 2. The monoisotopic (exact) mass is 578 g/mol. The Morgan fingerprint density at radius 3 is 2.17 bits per heavy atom. The smallest absolute Gasteiger partial charge is 0.255 e.